The van der Waals surface area contributed by atoms with Crippen LogP contribution in [0.4, 0.5) is 0 Å². The molecule has 0 unspecified atom stereocenters. The van der Waals surface area contributed by atoms with Gasteiger partial charge in [-0.2, -0.15) is 5.82 Å². The van der Waals surface area contributed by atoms with E-state index in [1.165, 1.54) is 0 Å². The summed E-state index contributed by atoms with van der Waals surface area (Å²) in [6.07, 6.45) is 10.1. The van der Waals surface area contributed by atoms with Gasteiger partial charge in [-0.15, -0.1) is 18.8 Å². The van der Waals surface area contributed by atoms with Gasteiger partial charge in [0.1, 0.15) is 0 Å². The molecular formula is C7H6BP. The highest BCUT2D eigenvalue weighted by atomic mass is 31.1. The van der Waals surface area contributed by atoms with Gasteiger partial charge in [-0.1, -0.05) is 11.3 Å². The Morgan fingerprint density at radius 2 is 2.11 bits per heavy atom. The Labute approximate surface area is 59.7 Å². The van der Waals surface area contributed by atoms with E-state index in [-0.39, 0.29) is 0 Å². The predicted molar refractivity (Wildman–Crippen MR) is 45.2 cm³/mol. The van der Waals surface area contributed by atoms with Gasteiger partial charge >= 0.3 is 0 Å². The lowest BCUT2D eigenvalue weighted by molar-refractivity contribution is 1.93. The van der Waals surface area contributed by atoms with E-state index in [1.54, 1.807) is 6.92 Å². The molecular weight excluding hydrogens is 126 g/mol. The molecule has 0 nitrogen and oxygen atoms in total. The monoisotopic (exact) mass is 133 g/mol. The van der Waals surface area contributed by atoms with E-state index in [9.17, 15) is 0 Å². The normalized spacial score (nSPS) is 7.78. The summed E-state index contributed by atoms with van der Waals surface area (Å²) in [5.74, 6) is 5.21. The molecule has 42 valence electrons. The first-order chi connectivity index (χ1) is 4.76. The topological polar surface area (TPSA) is 0 Å². The van der Waals surface area contributed by atoms with Crippen molar-refractivity contribution >= 4 is 14.8 Å². The SMILES string of the molecule is [2H]B(C#CC)P(C#C)C#C. The minimum absolute atomic E-state index is 0.574. The first-order valence-electron chi connectivity index (χ1n) is 2.90. The van der Waals surface area contributed by atoms with E-state index in [4.69, 9.17) is 14.2 Å². The van der Waals surface area contributed by atoms with Crippen LogP contribution in [-0.2, 0) is 0 Å². The lowest BCUT2D eigenvalue weighted by Crippen LogP contribution is -1.77. The molecule has 0 saturated heterocycles. The van der Waals surface area contributed by atoms with Crippen molar-refractivity contribution in [1.82, 2.24) is 0 Å². The van der Waals surface area contributed by atoms with Crippen LogP contribution in [0.2, 0.25) is 0 Å². The third-order valence-corrected chi connectivity index (χ3v) is 1.56. The molecule has 0 heterocycles. The fourth-order valence-electron chi connectivity index (χ4n) is 0.241. The highest BCUT2D eigenvalue weighted by Crippen LogP contribution is 2.27. The number of hydrogen-bond acceptors (Lipinski definition) is 0. The molecule has 0 aromatic rings. The van der Waals surface area contributed by atoms with Gasteiger partial charge in [-0.05, 0) is 6.92 Å². The molecule has 0 aliphatic carbocycles. The molecule has 0 saturated carbocycles. The molecule has 0 aromatic heterocycles. The van der Waals surface area contributed by atoms with Gasteiger partial charge in [0.15, 0.2) is 0 Å². The van der Waals surface area contributed by atoms with Gasteiger partial charge in [0.2, 0.25) is 0 Å². The molecule has 0 bridgehead atoms. The highest BCUT2D eigenvalue weighted by molar-refractivity contribution is 7.94. The third kappa shape index (κ3) is 3.73. The summed E-state index contributed by atoms with van der Waals surface area (Å²) in [7, 11) is -1.07. The van der Waals surface area contributed by atoms with Crippen LogP contribution in [0.5, 0.6) is 0 Å². The third-order valence-electron chi connectivity index (χ3n) is 0.616. The summed E-state index contributed by atoms with van der Waals surface area (Å²) in [6.45, 7) is 1.09. The minimum atomic E-state index is -1.07. The summed E-state index contributed by atoms with van der Waals surface area (Å²) in [4.78, 5) is 0. The molecule has 0 aliphatic heterocycles. The van der Waals surface area contributed by atoms with Crippen LogP contribution in [0.15, 0.2) is 0 Å². The predicted octanol–water partition coefficient (Wildman–Crippen LogP) is 0.982. The fourth-order valence-corrected chi connectivity index (χ4v) is 0.723. The molecule has 0 N–H and O–H groups in total. The first-order valence-corrected chi connectivity index (χ1v) is 3.73. The van der Waals surface area contributed by atoms with Crippen LogP contribution in [-0.4, -0.2) is 8.30 Å². The molecule has 0 rings (SSSR count). The Balaban J connectivity index is 4.18. The molecule has 0 amide bonds. The molecule has 0 fully saturated rings. The summed E-state index contributed by atoms with van der Waals surface area (Å²) in [5.41, 5.74) is 4.75. The Bertz CT molecular complexity index is 223. The van der Waals surface area contributed by atoms with E-state index >= 15 is 0 Å². The number of hydrogen-bond donors (Lipinski definition) is 0. The van der Waals surface area contributed by atoms with Gasteiger partial charge in [-0.25, -0.2) is 0 Å². The second kappa shape index (κ2) is 5.31. The molecule has 2 heteroatoms. The van der Waals surface area contributed by atoms with Crippen molar-refractivity contribution in [3.8, 4) is 35.9 Å². The largest absolute Gasteiger partial charge is 0.271 e. The van der Waals surface area contributed by atoms with E-state index in [1.807, 2.05) is 0 Å². The van der Waals surface area contributed by atoms with Gasteiger partial charge in [-0.3, -0.25) is 0 Å². The van der Waals surface area contributed by atoms with Crippen molar-refractivity contribution in [1.29, 1.82) is 1.34 Å². The van der Waals surface area contributed by atoms with E-state index in [0.29, 0.717) is 0 Å². The molecule has 9 heavy (non-hydrogen) atoms. The van der Waals surface area contributed by atoms with Gasteiger partial charge in [0.25, 0.3) is 6.96 Å². The molecule has 0 spiro atoms. The maximum Gasteiger partial charge on any atom is 0.271 e. The quantitative estimate of drug-likeness (QED) is 0.284. The van der Waals surface area contributed by atoms with E-state index < -0.39 is 14.8 Å². The first kappa shape index (κ1) is 6.30. The van der Waals surface area contributed by atoms with Crippen LogP contribution < -0.4 is 0 Å². The Hall–Kier alpha value is -0.825. The van der Waals surface area contributed by atoms with Crippen molar-refractivity contribution in [2.24, 2.45) is 0 Å². The van der Waals surface area contributed by atoms with Crippen LogP contribution in [0.1, 0.15) is 6.92 Å². The average molecular weight is 133 g/mol. The number of terminal acetylenes is 2. The van der Waals surface area contributed by atoms with Crippen LogP contribution in [0, 0.1) is 35.9 Å². The van der Waals surface area contributed by atoms with Gasteiger partial charge < -0.3 is 0 Å². The minimum Gasteiger partial charge on any atom is -0.151 e. The van der Waals surface area contributed by atoms with Crippen LogP contribution in [0.25, 0.3) is 0 Å². The lowest BCUT2D eigenvalue weighted by atomic mass is 10.1. The lowest BCUT2D eigenvalue weighted by Gasteiger charge is -1.89. The summed E-state index contributed by atoms with van der Waals surface area (Å²) in [5, 5.41) is 0. The van der Waals surface area contributed by atoms with Crippen LogP contribution in [0.3, 0.4) is 0 Å². The number of rotatable bonds is 1. The van der Waals surface area contributed by atoms with E-state index in [2.05, 4.69) is 23.1 Å². The van der Waals surface area contributed by atoms with Gasteiger partial charge in [0.05, 0.1) is 0 Å². The van der Waals surface area contributed by atoms with Crippen molar-refractivity contribution < 1.29 is 0 Å². The summed E-state index contributed by atoms with van der Waals surface area (Å²) in [6, 6.07) is 0. The zero-order chi connectivity index (χ0) is 7.98. The van der Waals surface area contributed by atoms with Crippen molar-refractivity contribution in [2.75, 3.05) is 0 Å². The smallest absolute Gasteiger partial charge is 0.151 e. The highest BCUT2D eigenvalue weighted by Gasteiger charge is 1.96. The fraction of sp³-hybridized carbons (Fsp3) is 0.143. The second-order valence-electron chi connectivity index (χ2n) is 1.15. The molecule has 0 atom stereocenters. The van der Waals surface area contributed by atoms with Crippen molar-refractivity contribution in [3.05, 3.63) is 0 Å². The maximum absolute atomic E-state index is 7.30. The van der Waals surface area contributed by atoms with E-state index in [0.717, 1.165) is 0 Å². The van der Waals surface area contributed by atoms with Crippen LogP contribution >= 0.6 is 7.80 Å². The Morgan fingerprint density at radius 3 is 2.44 bits per heavy atom. The van der Waals surface area contributed by atoms with Gasteiger partial charge in [0, 0.05) is 9.14 Å². The molecule has 0 radical (unpaired) electrons. The maximum atomic E-state index is 7.30. The zero-order valence-corrected chi connectivity index (χ0v) is 6.07. The summed E-state index contributed by atoms with van der Waals surface area (Å²) < 4.78 is 7.30. The molecule has 0 aliphatic rings. The zero-order valence-electron chi connectivity index (χ0n) is 6.18. The summed E-state index contributed by atoms with van der Waals surface area (Å²) >= 11 is 0. The standard InChI is InChI=1S/C7H6BP/c1-4-7-8-9(5-2)6-3/h2-3,8H,1H3/i8D. The van der Waals surface area contributed by atoms with Crippen molar-refractivity contribution in [3.63, 3.8) is 0 Å². The Morgan fingerprint density at radius 1 is 1.56 bits per heavy atom. The average Bonchev–Trinajstić information content (AvgIpc) is 1.91. The second-order valence-corrected chi connectivity index (χ2v) is 2.67. The molecule has 0 aromatic carbocycles. The van der Waals surface area contributed by atoms with Crippen molar-refractivity contribution in [2.45, 2.75) is 6.92 Å². The Kier molecular flexibility index (Phi) is 3.72.